The van der Waals surface area contributed by atoms with Crippen LogP contribution in [0.3, 0.4) is 0 Å². The highest BCUT2D eigenvalue weighted by Crippen LogP contribution is 2.28. The maximum Gasteiger partial charge on any atom is 0.293 e. The predicted octanol–water partition coefficient (Wildman–Crippen LogP) is 3.21. The molecular weight excluding hydrogens is 354 g/mol. The molecule has 0 unspecified atom stereocenters. The first-order valence-corrected chi connectivity index (χ1v) is 8.67. The molecule has 8 nitrogen and oxygen atoms in total. The number of nitrogens with one attached hydrogen (secondary N) is 1. The molecule has 26 heavy (non-hydrogen) atoms. The molecule has 2 aromatic carbocycles. The number of carbonyl (C=O) groups excluding carboxylic acids is 1. The van der Waals surface area contributed by atoms with E-state index in [0.29, 0.717) is 10.7 Å². The molecule has 0 aliphatic heterocycles. The Morgan fingerprint density at radius 2 is 2.00 bits per heavy atom. The number of hydrogen-bond acceptors (Lipinski definition) is 6. The van der Waals surface area contributed by atoms with Crippen LogP contribution in [-0.2, 0) is 4.79 Å². The topological polar surface area (TPSA) is 103 Å². The number of para-hydroxylation sites is 2. The Balaban J connectivity index is 1.70. The van der Waals surface area contributed by atoms with Gasteiger partial charge in [-0.1, -0.05) is 42.1 Å². The molecule has 0 aliphatic carbocycles. The Labute approximate surface area is 153 Å². The fourth-order valence-electron chi connectivity index (χ4n) is 2.36. The lowest BCUT2D eigenvalue weighted by molar-refractivity contribution is -0.384. The Bertz CT molecular complexity index is 943. The Kier molecular flexibility index (Phi) is 5.28. The van der Waals surface area contributed by atoms with Crippen molar-refractivity contribution in [3.8, 4) is 5.69 Å². The molecule has 0 atom stereocenters. The molecule has 0 saturated carbocycles. The van der Waals surface area contributed by atoms with Gasteiger partial charge in [0.25, 0.3) is 5.69 Å². The highest BCUT2D eigenvalue weighted by Gasteiger charge is 2.18. The van der Waals surface area contributed by atoms with E-state index in [0.717, 1.165) is 5.69 Å². The van der Waals surface area contributed by atoms with Crippen molar-refractivity contribution in [1.29, 1.82) is 0 Å². The van der Waals surface area contributed by atoms with Crippen molar-refractivity contribution in [3.63, 3.8) is 0 Å². The molecule has 0 bridgehead atoms. The molecule has 1 N–H and O–H groups in total. The molecule has 0 fully saturated rings. The summed E-state index contributed by atoms with van der Waals surface area (Å²) in [6.07, 6.45) is 1.57. The SMILES string of the molecule is Cc1cccc([N+](=O)[O-])c1NC(=O)CSc1nncn1-c1ccccc1. The number of rotatable bonds is 6. The summed E-state index contributed by atoms with van der Waals surface area (Å²) in [7, 11) is 0. The quantitative estimate of drug-likeness (QED) is 0.406. The van der Waals surface area contributed by atoms with Gasteiger partial charge < -0.3 is 5.32 Å². The minimum Gasteiger partial charge on any atom is -0.319 e. The maximum absolute atomic E-state index is 12.3. The number of carbonyl (C=O) groups is 1. The zero-order valence-corrected chi connectivity index (χ0v) is 14.6. The van der Waals surface area contributed by atoms with E-state index in [1.54, 1.807) is 30.0 Å². The van der Waals surface area contributed by atoms with E-state index in [1.165, 1.54) is 17.8 Å². The highest BCUT2D eigenvalue weighted by atomic mass is 32.2. The van der Waals surface area contributed by atoms with Crippen molar-refractivity contribution in [2.24, 2.45) is 0 Å². The molecule has 0 spiro atoms. The lowest BCUT2D eigenvalue weighted by Gasteiger charge is -2.09. The van der Waals surface area contributed by atoms with E-state index in [2.05, 4.69) is 15.5 Å². The first kappa shape index (κ1) is 17.6. The van der Waals surface area contributed by atoms with E-state index in [-0.39, 0.29) is 23.0 Å². The number of nitro groups is 1. The number of aromatic nitrogens is 3. The van der Waals surface area contributed by atoms with Crippen LogP contribution in [0.5, 0.6) is 0 Å². The Hall–Kier alpha value is -3.20. The average molecular weight is 369 g/mol. The molecule has 1 amide bonds. The smallest absolute Gasteiger partial charge is 0.293 e. The number of nitro benzene ring substituents is 1. The second kappa shape index (κ2) is 7.79. The zero-order chi connectivity index (χ0) is 18.5. The largest absolute Gasteiger partial charge is 0.319 e. The van der Waals surface area contributed by atoms with Crippen LogP contribution >= 0.6 is 11.8 Å². The summed E-state index contributed by atoms with van der Waals surface area (Å²) in [4.78, 5) is 22.9. The third-order valence-corrected chi connectivity index (χ3v) is 4.54. The average Bonchev–Trinajstić information content (AvgIpc) is 3.11. The number of hydrogen-bond donors (Lipinski definition) is 1. The van der Waals surface area contributed by atoms with Crippen molar-refractivity contribution in [3.05, 3.63) is 70.5 Å². The fourth-order valence-corrected chi connectivity index (χ4v) is 3.09. The Morgan fingerprint density at radius 3 is 2.73 bits per heavy atom. The van der Waals surface area contributed by atoms with Crippen molar-refractivity contribution in [2.75, 3.05) is 11.1 Å². The van der Waals surface area contributed by atoms with Crippen LogP contribution in [-0.4, -0.2) is 31.3 Å². The standard InChI is InChI=1S/C17H15N5O3S/c1-12-6-5-9-14(22(24)25)16(12)19-15(23)10-26-17-20-18-11-21(17)13-7-3-2-4-8-13/h2-9,11H,10H2,1H3,(H,19,23). The normalized spacial score (nSPS) is 10.5. The number of amides is 1. The van der Waals surface area contributed by atoms with E-state index in [9.17, 15) is 14.9 Å². The lowest BCUT2D eigenvalue weighted by Crippen LogP contribution is -2.16. The van der Waals surface area contributed by atoms with E-state index in [1.807, 2.05) is 30.3 Å². The van der Waals surface area contributed by atoms with Gasteiger partial charge in [-0.2, -0.15) is 0 Å². The monoisotopic (exact) mass is 369 g/mol. The van der Waals surface area contributed by atoms with Crippen LogP contribution < -0.4 is 5.32 Å². The molecule has 132 valence electrons. The van der Waals surface area contributed by atoms with E-state index < -0.39 is 4.92 Å². The molecule has 3 aromatic rings. The van der Waals surface area contributed by atoms with Crippen molar-refractivity contribution in [1.82, 2.24) is 14.8 Å². The maximum atomic E-state index is 12.3. The third-order valence-electron chi connectivity index (χ3n) is 3.60. The first-order valence-electron chi connectivity index (χ1n) is 7.68. The second-order valence-electron chi connectivity index (χ2n) is 5.38. The number of anilines is 1. The van der Waals surface area contributed by atoms with Crippen LogP contribution in [0.25, 0.3) is 5.69 Å². The van der Waals surface area contributed by atoms with Gasteiger partial charge in [-0.3, -0.25) is 19.5 Å². The van der Waals surface area contributed by atoms with Gasteiger partial charge in [0.2, 0.25) is 5.91 Å². The van der Waals surface area contributed by atoms with Gasteiger partial charge in [0, 0.05) is 11.8 Å². The third kappa shape index (κ3) is 3.89. The summed E-state index contributed by atoms with van der Waals surface area (Å²) in [5, 5.41) is 22.2. The summed E-state index contributed by atoms with van der Waals surface area (Å²) < 4.78 is 1.77. The Morgan fingerprint density at radius 1 is 1.23 bits per heavy atom. The summed E-state index contributed by atoms with van der Waals surface area (Å²) in [5.74, 6) is -0.299. The molecular formula is C17H15N5O3S. The number of aryl methyl sites for hydroxylation is 1. The minimum absolute atomic E-state index is 0.0526. The second-order valence-corrected chi connectivity index (χ2v) is 6.32. The summed E-state index contributed by atoms with van der Waals surface area (Å²) >= 11 is 1.20. The van der Waals surface area contributed by atoms with Crippen LogP contribution in [0.4, 0.5) is 11.4 Å². The number of benzene rings is 2. The molecule has 0 aliphatic rings. The molecule has 0 saturated heterocycles. The molecule has 1 aromatic heterocycles. The highest BCUT2D eigenvalue weighted by molar-refractivity contribution is 7.99. The van der Waals surface area contributed by atoms with Gasteiger partial charge in [0.15, 0.2) is 5.16 Å². The van der Waals surface area contributed by atoms with E-state index in [4.69, 9.17) is 0 Å². The van der Waals surface area contributed by atoms with E-state index >= 15 is 0 Å². The van der Waals surface area contributed by atoms with Gasteiger partial charge in [0.1, 0.15) is 12.0 Å². The van der Waals surface area contributed by atoms with Crippen molar-refractivity contribution < 1.29 is 9.72 Å². The molecule has 9 heteroatoms. The minimum atomic E-state index is -0.512. The van der Waals surface area contributed by atoms with Crippen LogP contribution in [0.1, 0.15) is 5.56 Å². The summed E-state index contributed by atoms with van der Waals surface area (Å²) in [5.41, 5.74) is 1.60. The van der Waals surface area contributed by atoms with Gasteiger partial charge in [-0.25, -0.2) is 0 Å². The number of thioether (sulfide) groups is 1. The summed E-state index contributed by atoms with van der Waals surface area (Å²) in [6, 6.07) is 14.2. The van der Waals surface area contributed by atoms with Gasteiger partial charge in [0.05, 0.1) is 10.7 Å². The number of nitrogens with zero attached hydrogens (tertiary/aromatic N) is 4. The fraction of sp³-hybridized carbons (Fsp3) is 0.118. The zero-order valence-electron chi connectivity index (χ0n) is 13.8. The van der Waals surface area contributed by atoms with Gasteiger partial charge in [-0.05, 0) is 24.6 Å². The summed E-state index contributed by atoms with van der Waals surface area (Å²) in [6.45, 7) is 1.71. The van der Waals surface area contributed by atoms with Crippen LogP contribution in [0, 0.1) is 17.0 Å². The molecule has 3 rings (SSSR count). The molecule has 1 heterocycles. The van der Waals surface area contributed by atoms with Gasteiger partial charge >= 0.3 is 0 Å². The molecule has 0 radical (unpaired) electrons. The van der Waals surface area contributed by atoms with Crippen LogP contribution in [0.2, 0.25) is 0 Å². The first-order chi connectivity index (χ1) is 12.6. The lowest BCUT2D eigenvalue weighted by atomic mass is 10.1. The van der Waals surface area contributed by atoms with Crippen molar-refractivity contribution in [2.45, 2.75) is 12.1 Å². The van der Waals surface area contributed by atoms with Crippen molar-refractivity contribution >= 4 is 29.0 Å². The predicted molar refractivity (Wildman–Crippen MR) is 98.5 cm³/mol. The van der Waals surface area contributed by atoms with Crippen LogP contribution in [0.15, 0.2) is 60.0 Å². The van der Waals surface area contributed by atoms with Gasteiger partial charge in [-0.15, -0.1) is 10.2 Å².